The molecule has 0 bridgehead atoms. The van der Waals surface area contributed by atoms with E-state index in [0.717, 1.165) is 13.0 Å². The van der Waals surface area contributed by atoms with Crippen molar-refractivity contribution in [1.82, 2.24) is 0 Å². The van der Waals surface area contributed by atoms with Crippen LogP contribution in [0.2, 0.25) is 18.1 Å². The van der Waals surface area contributed by atoms with Crippen LogP contribution in [-0.2, 0) is 10.8 Å². The normalized spacial score (nSPS) is 19.5. The Balaban J connectivity index is 1.91. The molecule has 0 aromatic heterocycles. The summed E-state index contributed by atoms with van der Waals surface area (Å²) in [7, 11) is -1.62. The molecule has 0 aliphatic carbocycles. The third kappa shape index (κ3) is 2.78. The number of anilines is 1. The maximum atomic E-state index is 6.29. The first-order valence-corrected chi connectivity index (χ1v) is 9.69. The Bertz CT molecular complexity index is 398. The van der Waals surface area contributed by atoms with Crippen molar-refractivity contribution in [1.29, 1.82) is 0 Å². The van der Waals surface area contributed by atoms with Crippen LogP contribution in [0, 0.1) is 0 Å². The van der Waals surface area contributed by atoms with E-state index in [-0.39, 0.29) is 0 Å². The van der Waals surface area contributed by atoms with Gasteiger partial charge in [-0.2, -0.15) is 0 Å². The van der Waals surface area contributed by atoms with Gasteiger partial charge in [-0.05, 0) is 36.2 Å². The van der Waals surface area contributed by atoms with E-state index in [2.05, 4.69) is 63.4 Å². The average molecular weight is 263 g/mol. The van der Waals surface area contributed by atoms with E-state index in [1.165, 1.54) is 11.3 Å². The largest absolute Gasteiger partial charge is 0.415 e. The first kappa shape index (κ1) is 13.6. The smallest absolute Gasteiger partial charge is 0.192 e. The van der Waals surface area contributed by atoms with Crippen molar-refractivity contribution >= 4 is 14.0 Å². The second-order valence-electron chi connectivity index (χ2n) is 6.77. The van der Waals surface area contributed by atoms with Gasteiger partial charge < -0.3 is 9.74 Å². The van der Waals surface area contributed by atoms with Gasteiger partial charge >= 0.3 is 0 Å². The van der Waals surface area contributed by atoms with Crippen LogP contribution in [0.4, 0.5) is 5.69 Å². The number of para-hydroxylation sites is 1. The van der Waals surface area contributed by atoms with Gasteiger partial charge in [0.15, 0.2) is 8.32 Å². The molecular weight excluding hydrogens is 238 g/mol. The lowest BCUT2D eigenvalue weighted by atomic mass is 10.1. The highest BCUT2D eigenvalue weighted by Crippen LogP contribution is 2.37. The summed E-state index contributed by atoms with van der Waals surface area (Å²) in [6, 6.07) is 8.99. The number of rotatable bonds is 3. The summed E-state index contributed by atoms with van der Waals surface area (Å²) >= 11 is 0. The van der Waals surface area contributed by atoms with E-state index >= 15 is 0 Å². The van der Waals surface area contributed by atoms with Crippen molar-refractivity contribution in [2.24, 2.45) is 0 Å². The Kier molecular flexibility index (Phi) is 3.56. The topological polar surface area (TPSA) is 21.3 Å². The van der Waals surface area contributed by atoms with Crippen LogP contribution in [0.1, 0.15) is 26.3 Å². The monoisotopic (exact) mass is 263 g/mol. The summed E-state index contributed by atoms with van der Waals surface area (Å²) in [6.45, 7) is 12.3. The van der Waals surface area contributed by atoms with Gasteiger partial charge in [0, 0.05) is 5.69 Å². The van der Waals surface area contributed by atoms with E-state index in [9.17, 15) is 0 Å². The summed E-state index contributed by atoms with van der Waals surface area (Å²) in [5.74, 6) is 0. The minimum absolute atomic E-state index is 0.290. The van der Waals surface area contributed by atoms with Gasteiger partial charge in [-0.25, -0.2) is 0 Å². The van der Waals surface area contributed by atoms with Gasteiger partial charge in [0.25, 0.3) is 0 Å². The lowest BCUT2D eigenvalue weighted by molar-refractivity contribution is 0.272. The minimum Gasteiger partial charge on any atom is -0.415 e. The van der Waals surface area contributed by atoms with Gasteiger partial charge in [-0.3, -0.25) is 0 Å². The molecule has 0 saturated heterocycles. The molecule has 0 fully saturated rings. The van der Waals surface area contributed by atoms with Gasteiger partial charge in [0.05, 0.1) is 12.6 Å². The summed E-state index contributed by atoms with van der Waals surface area (Å²) in [5.41, 5.74) is 2.70. The molecule has 18 heavy (non-hydrogen) atoms. The molecule has 1 heterocycles. The molecular formula is C15H25NOSi. The van der Waals surface area contributed by atoms with Gasteiger partial charge in [0.2, 0.25) is 0 Å². The van der Waals surface area contributed by atoms with E-state index in [1.54, 1.807) is 0 Å². The molecule has 1 unspecified atom stereocenters. The van der Waals surface area contributed by atoms with Crippen molar-refractivity contribution in [2.75, 3.05) is 11.9 Å². The molecule has 1 aliphatic heterocycles. The zero-order valence-electron chi connectivity index (χ0n) is 12.2. The zero-order chi connectivity index (χ0) is 13.4. The Morgan fingerprint density at radius 1 is 1.28 bits per heavy atom. The van der Waals surface area contributed by atoms with Crippen LogP contribution in [0.25, 0.3) is 0 Å². The van der Waals surface area contributed by atoms with Gasteiger partial charge in [-0.1, -0.05) is 39.0 Å². The van der Waals surface area contributed by atoms with Crippen LogP contribution in [0.3, 0.4) is 0 Å². The van der Waals surface area contributed by atoms with Crippen molar-refractivity contribution in [3.05, 3.63) is 29.8 Å². The van der Waals surface area contributed by atoms with Crippen LogP contribution in [-0.4, -0.2) is 21.0 Å². The Morgan fingerprint density at radius 3 is 2.56 bits per heavy atom. The van der Waals surface area contributed by atoms with Crippen molar-refractivity contribution < 1.29 is 4.43 Å². The second-order valence-corrected chi connectivity index (χ2v) is 11.6. The molecule has 0 spiro atoms. The molecule has 0 saturated carbocycles. The number of nitrogens with one attached hydrogen (secondary N) is 1. The molecule has 1 aromatic rings. The van der Waals surface area contributed by atoms with Gasteiger partial charge in [0.1, 0.15) is 0 Å². The zero-order valence-corrected chi connectivity index (χ0v) is 13.2. The maximum absolute atomic E-state index is 6.29. The number of fused-ring (bicyclic) bond motifs is 1. The predicted molar refractivity (Wildman–Crippen MR) is 80.7 cm³/mol. The molecule has 1 atom stereocenters. The molecule has 2 nitrogen and oxygen atoms in total. The highest BCUT2D eigenvalue weighted by Gasteiger charge is 2.38. The van der Waals surface area contributed by atoms with Crippen LogP contribution >= 0.6 is 0 Å². The fourth-order valence-corrected chi connectivity index (χ4v) is 3.05. The summed E-state index contributed by atoms with van der Waals surface area (Å²) in [6.07, 6.45) is 1.09. The minimum atomic E-state index is -1.62. The maximum Gasteiger partial charge on any atom is 0.192 e. The fraction of sp³-hybridized carbons (Fsp3) is 0.600. The van der Waals surface area contributed by atoms with Crippen LogP contribution in [0.5, 0.6) is 0 Å². The molecule has 0 amide bonds. The fourth-order valence-electron chi connectivity index (χ4n) is 2.00. The van der Waals surface area contributed by atoms with Crippen molar-refractivity contribution in [3.8, 4) is 0 Å². The van der Waals surface area contributed by atoms with E-state index < -0.39 is 8.32 Å². The van der Waals surface area contributed by atoms with Gasteiger partial charge in [-0.15, -0.1) is 0 Å². The van der Waals surface area contributed by atoms with Crippen LogP contribution < -0.4 is 5.32 Å². The summed E-state index contributed by atoms with van der Waals surface area (Å²) < 4.78 is 6.29. The number of hydrogen-bond acceptors (Lipinski definition) is 2. The standard InChI is InChI=1S/C15H25NOSi/c1-15(2,3)18(4,5)17-11-13-10-12-8-6-7-9-14(12)16-13/h6-9,13,16H,10-11H2,1-5H3. The van der Waals surface area contributed by atoms with E-state index in [4.69, 9.17) is 4.43 Å². The van der Waals surface area contributed by atoms with E-state index in [0.29, 0.717) is 11.1 Å². The molecule has 1 N–H and O–H groups in total. The quantitative estimate of drug-likeness (QED) is 0.831. The Morgan fingerprint density at radius 2 is 1.94 bits per heavy atom. The third-order valence-electron chi connectivity index (χ3n) is 4.29. The lowest BCUT2D eigenvalue weighted by Crippen LogP contribution is -2.43. The number of hydrogen-bond donors (Lipinski definition) is 1. The first-order chi connectivity index (χ1) is 8.29. The molecule has 1 aliphatic rings. The third-order valence-corrected chi connectivity index (χ3v) is 8.80. The Hall–Kier alpha value is -0.803. The molecule has 0 radical (unpaired) electrons. The predicted octanol–water partition coefficient (Wildman–Crippen LogP) is 4.05. The molecule has 100 valence electrons. The lowest BCUT2D eigenvalue weighted by Gasteiger charge is -2.37. The molecule has 2 rings (SSSR count). The summed E-state index contributed by atoms with van der Waals surface area (Å²) in [5, 5.41) is 3.85. The summed E-state index contributed by atoms with van der Waals surface area (Å²) in [4.78, 5) is 0. The second kappa shape index (κ2) is 4.70. The van der Waals surface area contributed by atoms with Crippen LogP contribution in [0.15, 0.2) is 24.3 Å². The van der Waals surface area contributed by atoms with Crippen molar-refractivity contribution in [3.63, 3.8) is 0 Å². The molecule has 3 heteroatoms. The SMILES string of the molecule is CC(C)(C)[Si](C)(C)OCC1Cc2ccccc2N1. The molecule has 1 aromatic carbocycles. The highest BCUT2D eigenvalue weighted by molar-refractivity contribution is 6.74. The average Bonchev–Trinajstić information content (AvgIpc) is 2.67. The number of benzene rings is 1. The first-order valence-electron chi connectivity index (χ1n) is 6.78. The Labute approximate surface area is 112 Å². The van der Waals surface area contributed by atoms with E-state index in [1.807, 2.05) is 0 Å². The van der Waals surface area contributed by atoms with Crippen molar-refractivity contribution in [2.45, 2.75) is 51.4 Å². The highest BCUT2D eigenvalue weighted by atomic mass is 28.4.